The summed E-state index contributed by atoms with van der Waals surface area (Å²) in [6, 6.07) is 23.9. The van der Waals surface area contributed by atoms with Crippen LogP contribution in [-0.2, 0) is 6.54 Å². The number of nitrogens with one attached hydrogen (secondary N) is 2. The van der Waals surface area contributed by atoms with E-state index in [4.69, 9.17) is 0 Å². The summed E-state index contributed by atoms with van der Waals surface area (Å²) in [5.74, 6) is 0.949. The van der Waals surface area contributed by atoms with E-state index in [1.54, 1.807) is 0 Å². The maximum absolute atomic E-state index is 4.49. The molecule has 4 rings (SSSR count). The SMILES string of the molecule is Cc1nc2ccc(-c3ccc(-c4ccccc4CNCCCN(C)C)cc3)cc2[nH]1. The van der Waals surface area contributed by atoms with Crippen LogP contribution in [0.2, 0.25) is 0 Å². The van der Waals surface area contributed by atoms with E-state index < -0.39 is 0 Å². The zero-order valence-electron chi connectivity index (χ0n) is 18.1. The van der Waals surface area contributed by atoms with Crippen molar-refractivity contribution in [1.82, 2.24) is 20.2 Å². The van der Waals surface area contributed by atoms with Gasteiger partial charge in [0, 0.05) is 6.54 Å². The number of hydrogen-bond donors (Lipinski definition) is 2. The molecule has 1 heterocycles. The lowest BCUT2D eigenvalue weighted by molar-refractivity contribution is 0.394. The zero-order chi connectivity index (χ0) is 20.9. The summed E-state index contributed by atoms with van der Waals surface area (Å²) in [5.41, 5.74) is 8.40. The van der Waals surface area contributed by atoms with Crippen molar-refractivity contribution in [1.29, 1.82) is 0 Å². The van der Waals surface area contributed by atoms with Crippen LogP contribution in [0, 0.1) is 6.92 Å². The molecule has 0 spiro atoms. The van der Waals surface area contributed by atoms with E-state index in [1.807, 2.05) is 6.92 Å². The topological polar surface area (TPSA) is 44.0 Å². The Morgan fingerprint density at radius 1 is 0.900 bits per heavy atom. The molecule has 154 valence electrons. The highest BCUT2D eigenvalue weighted by Crippen LogP contribution is 2.28. The molecule has 0 unspecified atom stereocenters. The quantitative estimate of drug-likeness (QED) is 0.399. The van der Waals surface area contributed by atoms with Crippen molar-refractivity contribution >= 4 is 11.0 Å². The molecule has 4 nitrogen and oxygen atoms in total. The van der Waals surface area contributed by atoms with Crippen molar-refractivity contribution in [2.24, 2.45) is 0 Å². The molecule has 0 saturated heterocycles. The highest BCUT2D eigenvalue weighted by Gasteiger charge is 2.07. The molecule has 0 fully saturated rings. The van der Waals surface area contributed by atoms with Crippen LogP contribution in [0.15, 0.2) is 66.7 Å². The van der Waals surface area contributed by atoms with Gasteiger partial charge in [0.25, 0.3) is 0 Å². The predicted octanol–water partition coefficient (Wildman–Crippen LogP) is 5.25. The predicted molar refractivity (Wildman–Crippen MR) is 127 cm³/mol. The largest absolute Gasteiger partial charge is 0.342 e. The van der Waals surface area contributed by atoms with Crippen molar-refractivity contribution in [3.63, 3.8) is 0 Å². The van der Waals surface area contributed by atoms with Gasteiger partial charge in [-0.25, -0.2) is 4.98 Å². The first-order chi connectivity index (χ1) is 14.6. The Morgan fingerprint density at radius 3 is 2.43 bits per heavy atom. The Morgan fingerprint density at radius 2 is 1.63 bits per heavy atom. The molecule has 3 aromatic carbocycles. The summed E-state index contributed by atoms with van der Waals surface area (Å²) in [4.78, 5) is 10.0. The fourth-order valence-corrected chi connectivity index (χ4v) is 3.86. The van der Waals surface area contributed by atoms with Gasteiger partial charge in [0.1, 0.15) is 5.82 Å². The fraction of sp³-hybridized carbons (Fsp3) is 0.269. The lowest BCUT2D eigenvalue weighted by Gasteiger charge is -2.13. The first kappa shape index (κ1) is 20.3. The van der Waals surface area contributed by atoms with Crippen LogP contribution in [-0.4, -0.2) is 42.1 Å². The van der Waals surface area contributed by atoms with E-state index >= 15 is 0 Å². The van der Waals surface area contributed by atoms with E-state index in [0.29, 0.717) is 0 Å². The third-order valence-electron chi connectivity index (χ3n) is 5.42. The Balaban J connectivity index is 1.49. The molecule has 0 amide bonds. The minimum Gasteiger partial charge on any atom is -0.342 e. The lowest BCUT2D eigenvalue weighted by atomic mass is 9.97. The molecule has 2 N–H and O–H groups in total. The molecule has 1 aromatic heterocycles. The molecule has 0 bridgehead atoms. The van der Waals surface area contributed by atoms with Crippen LogP contribution >= 0.6 is 0 Å². The van der Waals surface area contributed by atoms with E-state index in [-0.39, 0.29) is 0 Å². The van der Waals surface area contributed by atoms with Gasteiger partial charge in [-0.15, -0.1) is 0 Å². The minimum absolute atomic E-state index is 0.890. The second-order valence-electron chi connectivity index (χ2n) is 8.12. The first-order valence-electron chi connectivity index (χ1n) is 10.6. The summed E-state index contributed by atoms with van der Waals surface area (Å²) >= 11 is 0. The van der Waals surface area contributed by atoms with Gasteiger partial charge >= 0.3 is 0 Å². The summed E-state index contributed by atoms with van der Waals surface area (Å²) in [6.07, 6.45) is 1.16. The molecule has 4 heteroatoms. The number of imidazole rings is 1. The van der Waals surface area contributed by atoms with E-state index in [9.17, 15) is 0 Å². The van der Waals surface area contributed by atoms with Gasteiger partial charge in [0.2, 0.25) is 0 Å². The van der Waals surface area contributed by atoms with Crippen LogP contribution < -0.4 is 5.32 Å². The Hall–Kier alpha value is -2.95. The first-order valence-corrected chi connectivity index (χ1v) is 10.6. The number of aromatic amines is 1. The molecule has 4 aromatic rings. The van der Waals surface area contributed by atoms with Crippen molar-refractivity contribution in [2.45, 2.75) is 19.9 Å². The van der Waals surface area contributed by atoms with E-state index in [0.717, 1.165) is 42.9 Å². The van der Waals surface area contributed by atoms with Crippen LogP contribution in [0.5, 0.6) is 0 Å². The van der Waals surface area contributed by atoms with Gasteiger partial charge in [-0.1, -0.05) is 54.6 Å². The number of rotatable bonds is 8. The van der Waals surface area contributed by atoms with Crippen molar-refractivity contribution in [2.75, 3.05) is 27.2 Å². The normalized spacial score (nSPS) is 11.5. The van der Waals surface area contributed by atoms with Gasteiger partial charge in [-0.05, 0) is 80.5 Å². The number of nitrogens with zero attached hydrogens (tertiary/aromatic N) is 2. The van der Waals surface area contributed by atoms with Crippen LogP contribution in [0.4, 0.5) is 0 Å². The summed E-state index contributed by atoms with van der Waals surface area (Å²) < 4.78 is 0. The molecule has 0 radical (unpaired) electrons. The lowest BCUT2D eigenvalue weighted by Crippen LogP contribution is -2.21. The smallest absolute Gasteiger partial charge is 0.104 e. The number of fused-ring (bicyclic) bond motifs is 1. The van der Waals surface area contributed by atoms with Gasteiger partial charge in [-0.3, -0.25) is 0 Å². The Bertz CT molecular complexity index is 1110. The third kappa shape index (κ3) is 4.78. The number of benzene rings is 3. The maximum atomic E-state index is 4.49. The second-order valence-corrected chi connectivity index (χ2v) is 8.12. The molecular weight excluding hydrogens is 368 g/mol. The highest BCUT2D eigenvalue weighted by atomic mass is 15.1. The Labute approximate surface area is 179 Å². The average Bonchev–Trinajstić information content (AvgIpc) is 3.13. The van der Waals surface area contributed by atoms with Gasteiger partial charge < -0.3 is 15.2 Å². The molecule has 0 aliphatic heterocycles. The maximum Gasteiger partial charge on any atom is 0.104 e. The third-order valence-corrected chi connectivity index (χ3v) is 5.42. The summed E-state index contributed by atoms with van der Waals surface area (Å²) in [5, 5.41) is 3.59. The van der Waals surface area contributed by atoms with Crippen LogP contribution in [0.25, 0.3) is 33.3 Å². The monoisotopic (exact) mass is 398 g/mol. The standard InChI is InChI=1S/C26H30N4/c1-19-28-25-14-13-22(17-26(25)29-19)20-9-11-21(12-10-20)24-8-5-4-7-23(24)18-27-15-6-16-30(2)3/h4-5,7-14,17,27H,6,15-16,18H2,1-3H3,(H,28,29). The van der Waals surface area contributed by atoms with Crippen molar-refractivity contribution in [3.8, 4) is 22.3 Å². The average molecular weight is 399 g/mol. The minimum atomic E-state index is 0.890. The number of aryl methyl sites for hydroxylation is 1. The fourth-order valence-electron chi connectivity index (χ4n) is 3.86. The van der Waals surface area contributed by atoms with Crippen LogP contribution in [0.1, 0.15) is 17.8 Å². The number of H-pyrrole nitrogens is 1. The van der Waals surface area contributed by atoms with E-state index in [1.165, 1.54) is 27.8 Å². The van der Waals surface area contributed by atoms with Crippen molar-refractivity contribution in [3.05, 3.63) is 78.1 Å². The number of aromatic nitrogens is 2. The number of hydrogen-bond acceptors (Lipinski definition) is 3. The van der Waals surface area contributed by atoms with Crippen LogP contribution in [0.3, 0.4) is 0 Å². The molecule has 0 aliphatic rings. The molecule has 0 atom stereocenters. The molecule has 0 aliphatic carbocycles. The highest BCUT2D eigenvalue weighted by molar-refractivity contribution is 5.82. The second kappa shape index (κ2) is 9.24. The summed E-state index contributed by atoms with van der Waals surface area (Å²) in [6.45, 7) is 5.02. The Kier molecular flexibility index (Phi) is 6.26. The van der Waals surface area contributed by atoms with Gasteiger partial charge in [0.15, 0.2) is 0 Å². The summed E-state index contributed by atoms with van der Waals surface area (Å²) in [7, 11) is 4.24. The van der Waals surface area contributed by atoms with Gasteiger partial charge in [0.05, 0.1) is 11.0 Å². The molecular formula is C26H30N4. The zero-order valence-corrected chi connectivity index (χ0v) is 18.1. The van der Waals surface area contributed by atoms with E-state index in [2.05, 4.69) is 101 Å². The van der Waals surface area contributed by atoms with Crippen molar-refractivity contribution < 1.29 is 0 Å². The molecule has 0 saturated carbocycles. The molecule has 30 heavy (non-hydrogen) atoms. The van der Waals surface area contributed by atoms with Gasteiger partial charge in [-0.2, -0.15) is 0 Å².